The van der Waals surface area contributed by atoms with E-state index in [0.29, 0.717) is 13.1 Å². The Hall–Kier alpha value is -2.45. The van der Waals surface area contributed by atoms with E-state index in [1.54, 1.807) is 4.90 Å². The standard InChI is InChI=1S/C21H27N5O2S/c27-20(25-12-10-24(11-13-25)15-17-5-7-22-8-6-17)18-3-1-9-26(16-18)21(28)23-19-4-2-14-29-19/h2,4-8,14,18H,1,3,9-13,15-16H2,(H,23,28). The SMILES string of the molecule is O=C(Nc1cccs1)N1CCCC(C(=O)N2CCN(Cc3ccncc3)CC2)C1. The van der Waals surface area contributed by atoms with Crippen molar-refractivity contribution < 1.29 is 9.59 Å². The third kappa shape index (κ3) is 5.13. The van der Waals surface area contributed by atoms with Gasteiger partial charge >= 0.3 is 6.03 Å². The number of carbonyl (C=O) groups excluding carboxylic acids is 2. The summed E-state index contributed by atoms with van der Waals surface area (Å²) in [7, 11) is 0. The number of rotatable bonds is 4. The van der Waals surface area contributed by atoms with Gasteiger partial charge < -0.3 is 9.80 Å². The van der Waals surface area contributed by atoms with Crippen molar-refractivity contribution in [2.75, 3.05) is 44.6 Å². The molecule has 2 aromatic rings. The number of aromatic nitrogens is 1. The van der Waals surface area contributed by atoms with Crippen LogP contribution in [0.25, 0.3) is 0 Å². The van der Waals surface area contributed by atoms with Gasteiger partial charge in [0.2, 0.25) is 5.91 Å². The van der Waals surface area contributed by atoms with E-state index < -0.39 is 0 Å². The highest BCUT2D eigenvalue weighted by atomic mass is 32.1. The van der Waals surface area contributed by atoms with Crippen LogP contribution in [0.3, 0.4) is 0 Å². The van der Waals surface area contributed by atoms with Gasteiger partial charge in [0.05, 0.1) is 10.9 Å². The summed E-state index contributed by atoms with van der Waals surface area (Å²) in [6.07, 6.45) is 5.37. The van der Waals surface area contributed by atoms with Gasteiger partial charge in [-0.15, -0.1) is 11.3 Å². The van der Waals surface area contributed by atoms with E-state index in [0.717, 1.165) is 50.6 Å². The van der Waals surface area contributed by atoms with Gasteiger partial charge in [-0.25, -0.2) is 4.79 Å². The molecule has 0 saturated carbocycles. The molecule has 2 saturated heterocycles. The highest BCUT2D eigenvalue weighted by Gasteiger charge is 2.32. The maximum atomic E-state index is 13.0. The number of pyridine rings is 1. The third-order valence-corrected chi connectivity index (χ3v) is 6.43. The Balaban J connectivity index is 1.26. The Kier molecular flexibility index (Phi) is 6.41. The molecule has 4 heterocycles. The zero-order chi connectivity index (χ0) is 20.1. The average molecular weight is 414 g/mol. The van der Waals surface area contributed by atoms with Crippen LogP contribution >= 0.6 is 11.3 Å². The number of anilines is 1. The number of piperazine rings is 1. The van der Waals surface area contributed by atoms with E-state index in [4.69, 9.17) is 0 Å². The van der Waals surface area contributed by atoms with Crippen LogP contribution in [0.4, 0.5) is 9.80 Å². The zero-order valence-corrected chi connectivity index (χ0v) is 17.3. The van der Waals surface area contributed by atoms with Crippen molar-refractivity contribution in [1.82, 2.24) is 19.7 Å². The van der Waals surface area contributed by atoms with Crippen LogP contribution in [-0.2, 0) is 11.3 Å². The van der Waals surface area contributed by atoms with Crippen LogP contribution in [0.2, 0.25) is 0 Å². The summed E-state index contributed by atoms with van der Waals surface area (Å²) < 4.78 is 0. The summed E-state index contributed by atoms with van der Waals surface area (Å²) in [5.41, 5.74) is 1.25. The van der Waals surface area contributed by atoms with Crippen LogP contribution < -0.4 is 5.32 Å². The molecule has 0 bridgehead atoms. The van der Waals surface area contributed by atoms with Crippen molar-refractivity contribution in [2.24, 2.45) is 5.92 Å². The minimum Gasteiger partial charge on any atom is -0.340 e. The molecular weight excluding hydrogens is 386 g/mol. The first-order valence-corrected chi connectivity index (χ1v) is 11.1. The molecule has 154 valence electrons. The van der Waals surface area contributed by atoms with Gasteiger partial charge in [-0.1, -0.05) is 0 Å². The number of piperidine rings is 1. The molecule has 1 unspecified atom stereocenters. The molecule has 1 N–H and O–H groups in total. The Morgan fingerprint density at radius 1 is 1.07 bits per heavy atom. The highest BCUT2D eigenvalue weighted by Crippen LogP contribution is 2.22. The number of amides is 3. The lowest BCUT2D eigenvalue weighted by molar-refractivity contribution is -0.138. The van der Waals surface area contributed by atoms with Gasteiger partial charge in [0.1, 0.15) is 0 Å². The predicted octanol–water partition coefficient (Wildman–Crippen LogP) is 2.73. The quantitative estimate of drug-likeness (QED) is 0.837. The lowest BCUT2D eigenvalue weighted by Gasteiger charge is -2.39. The molecule has 29 heavy (non-hydrogen) atoms. The van der Waals surface area contributed by atoms with Crippen LogP contribution in [-0.4, -0.2) is 70.9 Å². The van der Waals surface area contributed by atoms with Crippen molar-refractivity contribution >= 4 is 28.3 Å². The minimum absolute atomic E-state index is 0.0930. The number of hydrogen-bond donors (Lipinski definition) is 1. The van der Waals surface area contributed by atoms with Gasteiger partial charge in [-0.2, -0.15) is 0 Å². The molecule has 3 amide bonds. The molecule has 0 aromatic carbocycles. The van der Waals surface area contributed by atoms with E-state index in [2.05, 4.69) is 15.2 Å². The monoisotopic (exact) mass is 413 g/mol. The summed E-state index contributed by atoms with van der Waals surface area (Å²) in [6.45, 7) is 5.37. The molecule has 7 nitrogen and oxygen atoms in total. The molecule has 0 spiro atoms. The summed E-state index contributed by atoms with van der Waals surface area (Å²) in [6, 6.07) is 7.77. The summed E-state index contributed by atoms with van der Waals surface area (Å²) >= 11 is 1.50. The Morgan fingerprint density at radius 2 is 1.86 bits per heavy atom. The predicted molar refractivity (Wildman–Crippen MR) is 114 cm³/mol. The van der Waals surface area contributed by atoms with Crippen molar-refractivity contribution in [3.05, 3.63) is 47.6 Å². The first kappa shape index (κ1) is 19.8. The molecule has 2 fully saturated rings. The normalized spacial score (nSPS) is 20.5. The van der Waals surface area contributed by atoms with Gasteiger partial charge in [-0.3, -0.25) is 20.0 Å². The number of nitrogens with one attached hydrogen (secondary N) is 1. The molecule has 2 aromatic heterocycles. The van der Waals surface area contributed by atoms with Crippen LogP contribution in [0.1, 0.15) is 18.4 Å². The van der Waals surface area contributed by atoms with E-state index in [-0.39, 0.29) is 17.9 Å². The van der Waals surface area contributed by atoms with Crippen molar-refractivity contribution in [2.45, 2.75) is 19.4 Å². The summed E-state index contributed by atoms with van der Waals surface area (Å²) in [5, 5.41) is 5.71. The first-order chi connectivity index (χ1) is 14.2. The van der Waals surface area contributed by atoms with Crippen LogP contribution in [0.15, 0.2) is 42.0 Å². The molecular formula is C21H27N5O2S. The average Bonchev–Trinajstić information content (AvgIpc) is 3.28. The number of carbonyl (C=O) groups is 2. The smallest absolute Gasteiger partial charge is 0.322 e. The number of likely N-dealkylation sites (tertiary alicyclic amines) is 1. The van der Waals surface area contributed by atoms with E-state index in [1.807, 2.05) is 46.9 Å². The maximum Gasteiger partial charge on any atom is 0.322 e. The zero-order valence-electron chi connectivity index (χ0n) is 16.5. The largest absolute Gasteiger partial charge is 0.340 e. The highest BCUT2D eigenvalue weighted by molar-refractivity contribution is 7.14. The number of urea groups is 1. The summed E-state index contributed by atoms with van der Waals surface area (Å²) in [4.78, 5) is 35.8. The molecule has 8 heteroatoms. The lowest BCUT2D eigenvalue weighted by Crippen LogP contribution is -2.53. The second kappa shape index (κ2) is 9.37. The fourth-order valence-electron chi connectivity index (χ4n) is 4.03. The number of hydrogen-bond acceptors (Lipinski definition) is 5. The second-order valence-corrected chi connectivity index (χ2v) is 8.60. The fraction of sp³-hybridized carbons (Fsp3) is 0.476. The topological polar surface area (TPSA) is 68.8 Å². The molecule has 1 atom stereocenters. The van der Waals surface area contributed by atoms with Crippen LogP contribution in [0, 0.1) is 5.92 Å². The van der Waals surface area contributed by atoms with E-state index in [9.17, 15) is 9.59 Å². The Labute approximate surface area is 175 Å². The lowest BCUT2D eigenvalue weighted by atomic mass is 9.96. The van der Waals surface area contributed by atoms with Crippen molar-refractivity contribution in [3.63, 3.8) is 0 Å². The molecule has 0 aliphatic carbocycles. The minimum atomic E-state index is -0.105. The van der Waals surface area contributed by atoms with E-state index in [1.165, 1.54) is 16.9 Å². The Bertz CT molecular complexity index is 806. The first-order valence-electron chi connectivity index (χ1n) is 10.2. The number of nitrogens with zero attached hydrogens (tertiary/aromatic N) is 4. The van der Waals surface area contributed by atoms with Gasteiger partial charge in [0.25, 0.3) is 0 Å². The molecule has 4 rings (SSSR count). The fourth-order valence-corrected chi connectivity index (χ4v) is 4.64. The van der Waals surface area contributed by atoms with Gasteiger partial charge in [0, 0.05) is 58.2 Å². The molecule has 0 radical (unpaired) electrons. The molecule has 2 aliphatic rings. The second-order valence-electron chi connectivity index (χ2n) is 7.65. The van der Waals surface area contributed by atoms with Crippen LogP contribution in [0.5, 0.6) is 0 Å². The maximum absolute atomic E-state index is 13.0. The van der Waals surface area contributed by atoms with Crippen molar-refractivity contribution in [3.8, 4) is 0 Å². The van der Waals surface area contributed by atoms with Crippen molar-refractivity contribution in [1.29, 1.82) is 0 Å². The molecule has 2 aliphatic heterocycles. The third-order valence-electron chi connectivity index (χ3n) is 5.65. The van der Waals surface area contributed by atoms with Gasteiger partial charge in [-0.05, 0) is 48.1 Å². The summed E-state index contributed by atoms with van der Waals surface area (Å²) in [5.74, 6) is 0.103. The van der Waals surface area contributed by atoms with E-state index >= 15 is 0 Å². The Morgan fingerprint density at radius 3 is 2.59 bits per heavy atom. The van der Waals surface area contributed by atoms with Gasteiger partial charge in [0.15, 0.2) is 0 Å². The number of thiophene rings is 1.